The van der Waals surface area contributed by atoms with Gasteiger partial charge in [-0.2, -0.15) is 4.98 Å². The maximum atomic E-state index is 5.91. The Bertz CT molecular complexity index is 745. The predicted octanol–water partition coefficient (Wildman–Crippen LogP) is 3.60. The Morgan fingerprint density at radius 3 is 2.50 bits per heavy atom. The van der Waals surface area contributed by atoms with Crippen molar-refractivity contribution in [2.24, 2.45) is 0 Å². The van der Waals surface area contributed by atoms with Gasteiger partial charge in [0.1, 0.15) is 0 Å². The van der Waals surface area contributed by atoms with Crippen LogP contribution in [0.1, 0.15) is 11.1 Å². The largest absolute Gasteiger partial charge is 0.398 e. The molecule has 0 atom stereocenters. The van der Waals surface area contributed by atoms with Crippen LogP contribution in [0.3, 0.4) is 0 Å². The van der Waals surface area contributed by atoms with Gasteiger partial charge in [0.2, 0.25) is 5.82 Å². The van der Waals surface area contributed by atoms with Gasteiger partial charge >= 0.3 is 0 Å². The molecule has 4 nitrogen and oxygen atoms in total. The molecule has 0 aliphatic carbocycles. The Labute approximate surface area is 117 Å². The van der Waals surface area contributed by atoms with Gasteiger partial charge < -0.3 is 10.3 Å². The molecule has 2 aromatic carbocycles. The number of aromatic nitrogens is 2. The van der Waals surface area contributed by atoms with Crippen molar-refractivity contribution in [3.05, 3.63) is 53.6 Å². The lowest BCUT2D eigenvalue weighted by Crippen LogP contribution is -1.92. The maximum absolute atomic E-state index is 5.91. The molecule has 20 heavy (non-hydrogen) atoms. The smallest absolute Gasteiger partial charge is 0.258 e. The Kier molecular flexibility index (Phi) is 2.99. The molecule has 2 N–H and O–H groups in total. The highest BCUT2D eigenvalue weighted by Gasteiger charge is 2.13. The lowest BCUT2D eigenvalue weighted by atomic mass is 10.1. The van der Waals surface area contributed by atoms with Gasteiger partial charge in [-0.25, -0.2) is 0 Å². The standard InChI is InChI=1S/C16H15N3O/c1-10-6-8-12(9-7-10)16-18-15(19-20-16)13-4-3-5-14(17)11(13)2/h3-9H,17H2,1-2H3. The van der Waals surface area contributed by atoms with E-state index in [0.717, 1.165) is 22.4 Å². The number of nitrogens with zero attached hydrogens (tertiary/aromatic N) is 2. The van der Waals surface area contributed by atoms with E-state index in [0.29, 0.717) is 11.7 Å². The molecular weight excluding hydrogens is 250 g/mol. The van der Waals surface area contributed by atoms with E-state index in [-0.39, 0.29) is 0 Å². The minimum Gasteiger partial charge on any atom is -0.398 e. The number of hydrogen-bond acceptors (Lipinski definition) is 4. The molecule has 0 aliphatic heterocycles. The summed E-state index contributed by atoms with van der Waals surface area (Å²) in [5, 5.41) is 4.05. The van der Waals surface area contributed by atoms with Crippen molar-refractivity contribution in [2.45, 2.75) is 13.8 Å². The van der Waals surface area contributed by atoms with Crippen LogP contribution in [0.2, 0.25) is 0 Å². The van der Waals surface area contributed by atoms with Crippen molar-refractivity contribution in [3.63, 3.8) is 0 Å². The van der Waals surface area contributed by atoms with Crippen molar-refractivity contribution in [1.82, 2.24) is 10.1 Å². The van der Waals surface area contributed by atoms with Crippen molar-refractivity contribution >= 4 is 5.69 Å². The molecule has 3 rings (SSSR count). The molecule has 0 spiro atoms. The van der Waals surface area contributed by atoms with Gasteiger partial charge in [-0.1, -0.05) is 35.0 Å². The first kappa shape index (κ1) is 12.4. The van der Waals surface area contributed by atoms with Crippen LogP contribution in [0.4, 0.5) is 5.69 Å². The third kappa shape index (κ3) is 2.16. The molecule has 100 valence electrons. The van der Waals surface area contributed by atoms with Gasteiger partial charge in [-0.05, 0) is 37.6 Å². The topological polar surface area (TPSA) is 64.9 Å². The highest BCUT2D eigenvalue weighted by molar-refractivity contribution is 5.68. The zero-order valence-electron chi connectivity index (χ0n) is 11.4. The highest BCUT2D eigenvalue weighted by atomic mass is 16.5. The van der Waals surface area contributed by atoms with Crippen LogP contribution in [-0.2, 0) is 0 Å². The Balaban J connectivity index is 2.02. The van der Waals surface area contributed by atoms with Gasteiger partial charge in [0.05, 0.1) is 0 Å². The summed E-state index contributed by atoms with van der Waals surface area (Å²) in [6, 6.07) is 13.7. The van der Waals surface area contributed by atoms with Crippen LogP contribution in [0.15, 0.2) is 47.0 Å². The average Bonchev–Trinajstić information content (AvgIpc) is 2.92. The molecular formula is C16H15N3O. The first-order valence-electron chi connectivity index (χ1n) is 6.41. The Morgan fingerprint density at radius 1 is 1.00 bits per heavy atom. The molecule has 0 radical (unpaired) electrons. The van der Waals surface area contributed by atoms with E-state index in [9.17, 15) is 0 Å². The minimum atomic E-state index is 0.516. The maximum Gasteiger partial charge on any atom is 0.258 e. The molecule has 1 heterocycles. The van der Waals surface area contributed by atoms with E-state index in [2.05, 4.69) is 10.1 Å². The molecule has 0 amide bonds. The van der Waals surface area contributed by atoms with Gasteiger partial charge in [0.25, 0.3) is 5.89 Å². The van der Waals surface area contributed by atoms with E-state index in [1.54, 1.807) is 0 Å². The van der Waals surface area contributed by atoms with Crippen LogP contribution in [-0.4, -0.2) is 10.1 Å². The summed E-state index contributed by atoms with van der Waals surface area (Å²) >= 11 is 0. The zero-order chi connectivity index (χ0) is 14.1. The molecule has 0 bridgehead atoms. The SMILES string of the molecule is Cc1ccc(-c2nc(-c3cccc(N)c3C)no2)cc1. The lowest BCUT2D eigenvalue weighted by Gasteiger charge is -2.03. The number of rotatable bonds is 2. The van der Waals surface area contributed by atoms with E-state index in [1.807, 2.05) is 56.3 Å². The average molecular weight is 265 g/mol. The Morgan fingerprint density at radius 2 is 1.75 bits per heavy atom. The molecule has 3 aromatic rings. The fourth-order valence-corrected chi connectivity index (χ4v) is 2.04. The number of benzene rings is 2. The first-order chi connectivity index (χ1) is 9.65. The third-order valence-electron chi connectivity index (χ3n) is 3.34. The summed E-state index contributed by atoms with van der Waals surface area (Å²) in [4.78, 5) is 4.45. The van der Waals surface area contributed by atoms with Crippen LogP contribution < -0.4 is 5.73 Å². The van der Waals surface area contributed by atoms with Gasteiger partial charge in [-0.15, -0.1) is 0 Å². The van der Waals surface area contributed by atoms with Crippen molar-refractivity contribution in [1.29, 1.82) is 0 Å². The summed E-state index contributed by atoms with van der Waals surface area (Å²) in [6.07, 6.45) is 0. The van der Waals surface area contributed by atoms with Crippen molar-refractivity contribution in [3.8, 4) is 22.8 Å². The summed E-state index contributed by atoms with van der Waals surface area (Å²) in [7, 11) is 0. The zero-order valence-corrected chi connectivity index (χ0v) is 11.4. The fraction of sp³-hybridized carbons (Fsp3) is 0.125. The van der Waals surface area contributed by atoms with Gasteiger partial charge in [-0.3, -0.25) is 0 Å². The monoisotopic (exact) mass is 265 g/mol. The molecule has 4 heteroatoms. The number of nitrogen functional groups attached to an aromatic ring is 1. The summed E-state index contributed by atoms with van der Waals surface area (Å²) in [6.45, 7) is 3.99. The van der Waals surface area contributed by atoms with E-state index >= 15 is 0 Å². The predicted molar refractivity (Wildman–Crippen MR) is 79.1 cm³/mol. The summed E-state index contributed by atoms with van der Waals surface area (Å²) < 4.78 is 5.34. The second-order valence-electron chi connectivity index (χ2n) is 4.81. The normalized spacial score (nSPS) is 10.7. The number of anilines is 1. The number of aryl methyl sites for hydroxylation is 1. The Hall–Kier alpha value is -2.62. The third-order valence-corrected chi connectivity index (χ3v) is 3.34. The molecule has 0 unspecified atom stereocenters. The van der Waals surface area contributed by atoms with E-state index < -0.39 is 0 Å². The molecule has 0 aliphatic rings. The van der Waals surface area contributed by atoms with Crippen LogP contribution in [0.5, 0.6) is 0 Å². The highest BCUT2D eigenvalue weighted by Crippen LogP contribution is 2.27. The molecule has 0 fully saturated rings. The molecule has 1 aromatic heterocycles. The second-order valence-corrected chi connectivity index (χ2v) is 4.81. The number of nitrogens with two attached hydrogens (primary N) is 1. The number of hydrogen-bond donors (Lipinski definition) is 1. The fourth-order valence-electron chi connectivity index (χ4n) is 2.04. The van der Waals surface area contributed by atoms with Crippen LogP contribution in [0, 0.1) is 13.8 Å². The van der Waals surface area contributed by atoms with Gasteiger partial charge in [0, 0.05) is 16.8 Å². The van der Waals surface area contributed by atoms with Crippen LogP contribution >= 0.6 is 0 Å². The van der Waals surface area contributed by atoms with Crippen LogP contribution in [0.25, 0.3) is 22.8 Å². The van der Waals surface area contributed by atoms with Gasteiger partial charge in [0.15, 0.2) is 0 Å². The second kappa shape index (κ2) is 4.81. The van der Waals surface area contributed by atoms with E-state index in [1.165, 1.54) is 5.56 Å². The first-order valence-corrected chi connectivity index (χ1v) is 6.41. The summed E-state index contributed by atoms with van der Waals surface area (Å²) in [5.41, 5.74) is 10.6. The minimum absolute atomic E-state index is 0.516. The quantitative estimate of drug-likeness (QED) is 0.719. The summed E-state index contributed by atoms with van der Waals surface area (Å²) in [5.74, 6) is 1.08. The molecule has 0 saturated carbocycles. The van der Waals surface area contributed by atoms with E-state index in [4.69, 9.17) is 10.3 Å². The van der Waals surface area contributed by atoms with Crippen molar-refractivity contribution < 1.29 is 4.52 Å². The molecule has 0 saturated heterocycles. The van der Waals surface area contributed by atoms with Crippen molar-refractivity contribution in [2.75, 3.05) is 5.73 Å². The lowest BCUT2D eigenvalue weighted by molar-refractivity contribution is 0.432.